The zero-order chi connectivity index (χ0) is 18.0. The number of ether oxygens (including phenoxy) is 1. The molecule has 0 fully saturated rings. The van der Waals surface area contributed by atoms with Crippen molar-refractivity contribution in [1.82, 2.24) is 0 Å². The van der Waals surface area contributed by atoms with E-state index in [1.54, 1.807) is 30.4 Å². The molecule has 0 aliphatic heterocycles. The monoisotopic (exact) mass is 391 g/mol. The van der Waals surface area contributed by atoms with Gasteiger partial charge in [-0.3, -0.25) is 0 Å². The predicted molar refractivity (Wildman–Crippen MR) is 103 cm³/mol. The topological polar surface area (TPSA) is 87.0 Å². The van der Waals surface area contributed by atoms with Crippen LogP contribution in [0.3, 0.4) is 0 Å². The molecule has 134 valence electrons. The molecule has 0 aliphatic carbocycles. The van der Waals surface area contributed by atoms with Crippen molar-refractivity contribution >= 4 is 37.4 Å². The Balaban J connectivity index is 2.18. The van der Waals surface area contributed by atoms with E-state index in [1.807, 2.05) is 12.1 Å². The Kier molecular flexibility index (Phi) is 9.96. The maximum absolute atomic E-state index is 11.2. The van der Waals surface area contributed by atoms with Crippen molar-refractivity contribution in [3.63, 3.8) is 0 Å². The van der Waals surface area contributed by atoms with Crippen molar-refractivity contribution in [2.75, 3.05) is 24.3 Å². The first kappa shape index (κ1) is 21.5. The summed E-state index contributed by atoms with van der Waals surface area (Å²) in [5.41, 5.74) is 2.77. The van der Waals surface area contributed by atoms with Gasteiger partial charge in [0, 0.05) is 28.6 Å². The van der Waals surface area contributed by atoms with Gasteiger partial charge in [-0.25, -0.2) is 4.79 Å². The summed E-state index contributed by atoms with van der Waals surface area (Å²) in [6.07, 6.45) is 0.0301. The molecule has 0 unspecified atom stereocenters. The number of benzene rings is 1. The van der Waals surface area contributed by atoms with Crippen molar-refractivity contribution in [1.29, 1.82) is 0 Å². The zero-order valence-electron chi connectivity index (χ0n) is 13.7. The molecular formula is C16H24O5PS2+. The molecule has 1 aromatic rings. The smallest absolute Gasteiger partial charge is 0.404 e. The molecule has 3 N–H and O–H groups in total. The van der Waals surface area contributed by atoms with Crippen LogP contribution in [-0.2, 0) is 21.0 Å². The Morgan fingerprint density at radius 1 is 1.08 bits per heavy atom. The maximum Gasteiger partial charge on any atom is 0.404 e. The second-order valence-electron chi connectivity index (χ2n) is 5.25. The van der Waals surface area contributed by atoms with Gasteiger partial charge in [-0.1, -0.05) is 30.8 Å². The standard InChI is InChI=1S/C16H24O5PS2/c1-13(2)16(17)21-7-9-23-11-14-3-5-15(6-4-14)12-24-10-8-22(18,19)20/h3-6,18-20H,1,7-12H2,2H3/q+1. The van der Waals surface area contributed by atoms with Crippen LogP contribution in [0.2, 0.25) is 0 Å². The summed E-state index contributed by atoms with van der Waals surface area (Å²) in [4.78, 5) is 37.9. The molecule has 0 radical (unpaired) electrons. The van der Waals surface area contributed by atoms with Gasteiger partial charge in [-0.15, -0.1) is 0 Å². The molecule has 0 saturated heterocycles. The van der Waals surface area contributed by atoms with E-state index in [0.717, 1.165) is 22.8 Å². The van der Waals surface area contributed by atoms with Gasteiger partial charge in [-0.05, 0) is 18.1 Å². The SMILES string of the molecule is C=C(C)C(=O)OCCSCc1ccc(CSCC[P+](O)(O)O)cc1. The lowest BCUT2D eigenvalue weighted by atomic mass is 10.2. The van der Waals surface area contributed by atoms with Gasteiger partial charge in [0.2, 0.25) is 0 Å². The minimum Gasteiger partial charge on any atom is -0.461 e. The molecule has 0 heterocycles. The average Bonchev–Trinajstić information content (AvgIpc) is 2.51. The van der Waals surface area contributed by atoms with Crippen LogP contribution in [-0.4, -0.2) is 44.9 Å². The normalized spacial score (nSPS) is 11.3. The van der Waals surface area contributed by atoms with E-state index in [0.29, 0.717) is 17.9 Å². The summed E-state index contributed by atoms with van der Waals surface area (Å²) < 4.78 is 5.03. The molecule has 0 spiro atoms. The van der Waals surface area contributed by atoms with Crippen LogP contribution in [0.15, 0.2) is 36.4 Å². The Morgan fingerprint density at radius 2 is 1.58 bits per heavy atom. The molecule has 0 aliphatic rings. The highest BCUT2D eigenvalue weighted by atomic mass is 32.2. The number of carbonyl (C=O) groups excluding carboxylic acids is 1. The average molecular weight is 391 g/mol. The van der Waals surface area contributed by atoms with Crippen molar-refractivity contribution < 1.29 is 24.2 Å². The number of carbonyl (C=O) groups is 1. The summed E-state index contributed by atoms with van der Waals surface area (Å²) in [7, 11) is -3.63. The highest BCUT2D eigenvalue weighted by Crippen LogP contribution is 2.44. The molecule has 0 amide bonds. The van der Waals surface area contributed by atoms with Crippen LogP contribution < -0.4 is 0 Å². The first-order valence-electron chi connectivity index (χ1n) is 7.40. The second kappa shape index (κ2) is 11.1. The molecular weight excluding hydrogens is 367 g/mol. The highest BCUT2D eigenvalue weighted by molar-refractivity contribution is 7.98. The van der Waals surface area contributed by atoms with Gasteiger partial charge in [0.1, 0.15) is 12.8 Å². The largest absolute Gasteiger partial charge is 0.461 e. The lowest BCUT2D eigenvalue weighted by Crippen LogP contribution is -2.07. The molecule has 1 aromatic carbocycles. The summed E-state index contributed by atoms with van der Waals surface area (Å²) in [5, 5.41) is 0. The van der Waals surface area contributed by atoms with Gasteiger partial charge in [0.15, 0.2) is 0 Å². The Bertz CT molecular complexity index is 528. The number of hydrogen-bond donors (Lipinski definition) is 3. The summed E-state index contributed by atoms with van der Waals surface area (Å²) >= 11 is 3.25. The fourth-order valence-electron chi connectivity index (χ4n) is 1.62. The van der Waals surface area contributed by atoms with E-state index in [2.05, 4.69) is 18.7 Å². The second-order valence-corrected chi connectivity index (χ2v) is 9.30. The molecule has 1 rings (SSSR count). The third kappa shape index (κ3) is 10.3. The Morgan fingerprint density at radius 3 is 2.04 bits per heavy atom. The molecule has 5 nitrogen and oxygen atoms in total. The van der Waals surface area contributed by atoms with Crippen LogP contribution in [0.25, 0.3) is 0 Å². The van der Waals surface area contributed by atoms with Gasteiger partial charge in [0.05, 0.1) is 0 Å². The lowest BCUT2D eigenvalue weighted by molar-refractivity contribution is -0.138. The molecule has 0 saturated carbocycles. The van der Waals surface area contributed by atoms with Crippen LogP contribution in [0.4, 0.5) is 0 Å². The van der Waals surface area contributed by atoms with Crippen LogP contribution in [0.5, 0.6) is 0 Å². The molecule has 8 heteroatoms. The fraction of sp³-hybridized carbons (Fsp3) is 0.438. The van der Waals surface area contributed by atoms with E-state index in [9.17, 15) is 4.79 Å². The molecule has 24 heavy (non-hydrogen) atoms. The minimum absolute atomic E-state index is 0.0301. The van der Waals surface area contributed by atoms with Crippen LogP contribution in [0.1, 0.15) is 18.1 Å². The van der Waals surface area contributed by atoms with Crippen molar-refractivity contribution in [3.05, 3.63) is 47.5 Å². The van der Waals surface area contributed by atoms with E-state index >= 15 is 0 Å². The first-order valence-corrected chi connectivity index (χ1v) is 11.5. The van der Waals surface area contributed by atoms with Crippen LogP contribution in [0, 0.1) is 0 Å². The fourth-order valence-corrected chi connectivity index (χ4v) is 4.46. The van der Waals surface area contributed by atoms with Crippen molar-refractivity contribution in [3.8, 4) is 0 Å². The van der Waals surface area contributed by atoms with Crippen molar-refractivity contribution in [2.24, 2.45) is 0 Å². The van der Waals surface area contributed by atoms with Crippen LogP contribution >= 0.6 is 31.5 Å². The third-order valence-corrected chi connectivity index (χ3v) is 6.05. The third-order valence-electron chi connectivity index (χ3n) is 2.91. The van der Waals surface area contributed by atoms with E-state index in [1.165, 1.54) is 5.56 Å². The van der Waals surface area contributed by atoms with Gasteiger partial charge >= 0.3 is 13.9 Å². The quantitative estimate of drug-likeness (QED) is 0.231. The Labute approximate surface area is 152 Å². The first-order chi connectivity index (χ1) is 11.3. The molecule has 0 atom stereocenters. The Hall–Kier alpha value is -0.560. The van der Waals surface area contributed by atoms with Gasteiger partial charge in [0.25, 0.3) is 0 Å². The molecule has 0 bridgehead atoms. The van der Waals surface area contributed by atoms with E-state index < -0.39 is 7.94 Å². The predicted octanol–water partition coefficient (Wildman–Crippen LogP) is 3.01. The minimum atomic E-state index is -3.63. The number of rotatable bonds is 11. The van der Waals surface area contributed by atoms with E-state index in [-0.39, 0.29) is 12.1 Å². The van der Waals surface area contributed by atoms with Gasteiger partial charge < -0.3 is 4.74 Å². The maximum atomic E-state index is 11.2. The van der Waals surface area contributed by atoms with E-state index in [4.69, 9.17) is 19.4 Å². The highest BCUT2D eigenvalue weighted by Gasteiger charge is 2.28. The van der Waals surface area contributed by atoms with Crippen molar-refractivity contribution in [2.45, 2.75) is 18.4 Å². The molecule has 0 aromatic heterocycles. The number of thioether (sulfide) groups is 2. The summed E-state index contributed by atoms with van der Waals surface area (Å²) in [5.74, 6) is 2.53. The number of hydrogen-bond acceptors (Lipinski definition) is 7. The lowest BCUT2D eigenvalue weighted by Gasteiger charge is -2.06. The zero-order valence-corrected chi connectivity index (χ0v) is 16.2. The summed E-state index contributed by atoms with van der Waals surface area (Å²) in [6, 6.07) is 8.21. The van der Waals surface area contributed by atoms with Gasteiger partial charge in [-0.2, -0.15) is 38.2 Å². The summed E-state index contributed by atoms with van der Waals surface area (Å²) in [6.45, 7) is 5.54. The number of esters is 1.